The zero-order chi connectivity index (χ0) is 14.3. The summed E-state index contributed by atoms with van der Waals surface area (Å²) >= 11 is 0. The van der Waals surface area contributed by atoms with Crippen molar-refractivity contribution < 1.29 is 0 Å². The van der Waals surface area contributed by atoms with Crippen LogP contribution in [0.25, 0.3) is 0 Å². The number of hydrogen-bond acceptors (Lipinski definition) is 2. The molecule has 0 saturated heterocycles. The molecule has 1 saturated carbocycles. The molecule has 0 spiro atoms. The predicted molar refractivity (Wildman–Crippen MR) is 85.6 cm³/mol. The molecule has 0 aromatic carbocycles. The van der Waals surface area contributed by atoms with Gasteiger partial charge >= 0.3 is 0 Å². The zero-order valence-corrected chi connectivity index (χ0v) is 14.0. The van der Waals surface area contributed by atoms with Gasteiger partial charge in [-0.05, 0) is 63.5 Å². The predicted octanol–water partition coefficient (Wildman–Crippen LogP) is 3.91. The number of rotatable bonds is 8. The highest BCUT2D eigenvalue weighted by atomic mass is 15.1. The largest absolute Gasteiger partial charge is 0.316 e. The van der Waals surface area contributed by atoms with E-state index in [0.29, 0.717) is 5.41 Å². The van der Waals surface area contributed by atoms with Gasteiger partial charge in [-0.2, -0.15) is 0 Å². The summed E-state index contributed by atoms with van der Waals surface area (Å²) in [4.78, 5) is 2.64. The SMILES string of the molecule is CCCNCC(C)(CC)CN(C)C1CCC(C)CC1. The maximum atomic E-state index is 3.62. The Morgan fingerprint density at radius 2 is 1.79 bits per heavy atom. The minimum atomic E-state index is 0.424. The van der Waals surface area contributed by atoms with Crippen LogP contribution in [0, 0.1) is 11.3 Å². The lowest BCUT2D eigenvalue weighted by Crippen LogP contribution is -2.45. The molecule has 19 heavy (non-hydrogen) atoms. The van der Waals surface area contributed by atoms with Crippen molar-refractivity contribution in [3.05, 3.63) is 0 Å². The van der Waals surface area contributed by atoms with Gasteiger partial charge in [-0.15, -0.1) is 0 Å². The highest BCUT2D eigenvalue weighted by Crippen LogP contribution is 2.29. The number of nitrogens with zero attached hydrogens (tertiary/aromatic N) is 1. The summed E-state index contributed by atoms with van der Waals surface area (Å²) in [5.41, 5.74) is 0.424. The third kappa shape index (κ3) is 5.83. The lowest BCUT2D eigenvalue weighted by Gasteiger charge is -2.39. The maximum Gasteiger partial charge on any atom is 0.00926 e. The third-order valence-electron chi connectivity index (χ3n) is 5.07. The summed E-state index contributed by atoms with van der Waals surface area (Å²) < 4.78 is 0. The van der Waals surface area contributed by atoms with Crippen molar-refractivity contribution in [3.63, 3.8) is 0 Å². The Morgan fingerprint density at radius 3 is 2.32 bits per heavy atom. The Morgan fingerprint density at radius 1 is 1.16 bits per heavy atom. The van der Waals surface area contributed by atoms with E-state index in [9.17, 15) is 0 Å². The molecule has 1 aliphatic carbocycles. The van der Waals surface area contributed by atoms with Crippen molar-refractivity contribution in [2.24, 2.45) is 11.3 Å². The molecule has 0 amide bonds. The molecule has 0 radical (unpaired) electrons. The van der Waals surface area contributed by atoms with Crippen LogP contribution in [-0.2, 0) is 0 Å². The van der Waals surface area contributed by atoms with Gasteiger partial charge in [-0.1, -0.05) is 27.7 Å². The van der Waals surface area contributed by atoms with E-state index < -0.39 is 0 Å². The van der Waals surface area contributed by atoms with E-state index in [1.165, 1.54) is 45.1 Å². The second-order valence-electron chi connectivity index (χ2n) is 7.17. The fourth-order valence-corrected chi connectivity index (χ4v) is 3.27. The van der Waals surface area contributed by atoms with Crippen LogP contribution in [0.5, 0.6) is 0 Å². The van der Waals surface area contributed by atoms with Crippen LogP contribution in [-0.4, -0.2) is 37.6 Å². The van der Waals surface area contributed by atoms with Crippen LogP contribution in [0.1, 0.15) is 66.2 Å². The lowest BCUT2D eigenvalue weighted by molar-refractivity contribution is 0.108. The third-order valence-corrected chi connectivity index (χ3v) is 5.07. The summed E-state index contributed by atoms with van der Waals surface area (Å²) in [6.45, 7) is 13.0. The van der Waals surface area contributed by atoms with E-state index in [0.717, 1.165) is 25.0 Å². The summed E-state index contributed by atoms with van der Waals surface area (Å²) in [5.74, 6) is 0.952. The van der Waals surface area contributed by atoms with Gasteiger partial charge < -0.3 is 10.2 Å². The molecule has 1 unspecified atom stereocenters. The zero-order valence-electron chi connectivity index (χ0n) is 14.0. The molecule has 0 aromatic rings. The first-order chi connectivity index (χ1) is 9.00. The van der Waals surface area contributed by atoms with Gasteiger partial charge in [0.1, 0.15) is 0 Å². The molecule has 1 rings (SSSR count). The molecule has 1 aliphatic rings. The van der Waals surface area contributed by atoms with Gasteiger partial charge in [-0.25, -0.2) is 0 Å². The molecule has 0 aliphatic heterocycles. The van der Waals surface area contributed by atoms with Gasteiger partial charge in [-0.3, -0.25) is 0 Å². The van der Waals surface area contributed by atoms with Gasteiger partial charge in [0.15, 0.2) is 0 Å². The molecular weight excluding hydrogens is 232 g/mol. The Bertz CT molecular complexity index is 233. The Hall–Kier alpha value is -0.0800. The minimum Gasteiger partial charge on any atom is -0.316 e. The Balaban J connectivity index is 2.40. The van der Waals surface area contributed by atoms with Crippen LogP contribution in [0.4, 0.5) is 0 Å². The number of nitrogens with one attached hydrogen (secondary N) is 1. The van der Waals surface area contributed by atoms with Crippen molar-refractivity contribution >= 4 is 0 Å². The minimum absolute atomic E-state index is 0.424. The van der Waals surface area contributed by atoms with Crippen LogP contribution in [0.2, 0.25) is 0 Å². The highest BCUT2D eigenvalue weighted by molar-refractivity contribution is 4.83. The first-order valence-corrected chi connectivity index (χ1v) is 8.41. The second kappa shape index (κ2) is 8.26. The average molecular weight is 268 g/mol. The molecule has 1 N–H and O–H groups in total. The van der Waals surface area contributed by atoms with E-state index in [1.54, 1.807) is 0 Å². The van der Waals surface area contributed by atoms with Crippen LogP contribution >= 0.6 is 0 Å². The Kier molecular flexibility index (Phi) is 7.38. The molecule has 1 fully saturated rings. The van der Waals surface area contributed by atoms with E-state index in [-0.39, 0.29) is 0 Å². The maximum absolute atomic E-state index is 3.62. The van der Waals surface area contributed by atoms with Gasteiger partial charge in [0.05, 0.1) is 0 Å². The smallest absolute Gasteiger partial charge is 0.00926 e. The number of hydrogen-bond donors (Lipinski definition) is 1. The van der Waals surface area contributed by atoms with Crippen LogP contribution < -0.4 is 5.32 Å². The van der Waals surface area contributed by atoms with Crippen molar-refractivity contribution in [1.82, 2.24) is 10.2 Å². The van der Waals surface area contributed by atoms with E-state index in [1.807, 2.05) is 0 Å². The van der Waals surface area contributed by atoms with E-state index in [2.05, 4.69) is 45.0 Å². The van der Waals surface area contributed by atoms with Crippen molar-refractivity contribution in [1.29, 1.82) is 0 Å². The first-order valence-electron chi connectivity index (χ1n) is 8.41. The standard InChI is InChI=1S/C17H36N2/c1-6-12-18-13-17(4,7-2)14-19(5)16-10-8-15(3)9-11-16/h15-16,18H,6-14H2,1-5H3. The van der Waals surface area contributed by atoms with Gasteiger partial charge in [0.25, 0.3) is 0 Å². The lowest BCUT2D eigenvalue weighted by atomic mass is 9.83. The molecular formula is C17H36N2. The molecule has 1 atom stereocenters. The molecule has 114 valence electrons. The van der Waals surface area contributed by atoms with Gasteiger partial charge in [0.2, 0.25) is 0 Å². The summed E-state index contributed by atoms with van der Waals surface area (Å²) in [6, 6.07) is 0.827. The van der Waals surface area contributed by atoms with E-state index >= 15 is 0 Å². The second-order valence-corrected chi connectivity index (χ2v) is 7.17. The van der Waals surface area contributed by atoms with Crippen molar-refractivity contribution in [3.8, 4) is 0 Å². The Labute approximate surface area is 121 Å². The summed E-state index contributed by atoms with van der Waals surface area (Å²) in [6.07, 6.45) is 8.14. The average Bonchev–Trinajstić information content (AvgIpc) is 2.39. The molecule has 0 heterocycles. The quantitative estimate of drug-likeness (QED) is 0.671. The van der Waals surface area contributed by atoms with Crippen molar-refractivity contribution in [2.75, 3.05) is 26.7 Å². The molecule has 2 heteroatoms. The van der Waals surface area contributed by atoms with Crippen LogP contribution in [0.3, 0.4) is 0 Å². The van der Waals surface area contributed by atoms with Crippen LogP contribution in [0.15, 0.2) is 0 Å². The molecule has 2 nitrogen and oxygen atoms in total. The van der Waals surface area contributed by atoms with Crippen molar-refractivity contribution in [2.45, 2.75) is 72.3 Å². The normalized spacial score (nSPS) is 27.5. The fourth-order valence-electron chi connectivity index (χ4n) is 3.27. The topological polar surface area (TPSA) is 15.3 Å². The summed E-state index contributed by atoms with van der Waals surface area (Å²) in [5, 5.41) is 3.62. The fraction of sp³-hybridized carbons (Fsp3) is 1.00. The first kappa shape index (κ1) is 17.0. The van der Waals surface area contributed by atoms with E-state index in [4.69, 9.17) is 0 Å². The highest BCUT2D eigenvalue weighted by Gasteiger charge is 2.28. The monoisotopic (exact) mass is 268 g/mol. The molecule has 0 bridgehead atoms. The van der Waals surface area contributed by atoms with Gasteiger partial charge in [0, 0.05) is 19.1 Å². The molecule has 0 aromatic heterocycles. The summed E-state index contributed by atoms with van der Waals surface area (Å²) in [7, 11) is 2.34.